The molecule has 5 rings (SSSR count). The number of thioether (sulfide) groups is 2. The van der Waals surface area contributed by atoms with Gasteiger partial charge in [0.1, 0.15) is 11.5 Å². The molecular weight excluding hydrogens is 601 g/mol. The first-order valence-electron chi connectivity index (χ1n) is 17.0. The molecule has 0 heterocycles. The smallest absolute Gasteiger partial charge is 0.127 e. The van der Waals surface area contributed by atoms with E-state index in [9.17, 15) is 10.2 Å². The molecule has 0 spiro atoms. The maximum atomic E-state index is 11.6. The molecule has 244 valence electrons. The normalized spacial score (nSPS) is 17.8. The first-order chi connectivity index (χ1) is 21.9. The van der Waals surface area contributed by atoms with Crippen LogP contribution in [0.4, 0.5) is 0 Å². The van der Waals surface area contributed by atoms with Gasteiger partial charge in [-0.15, -0.1) is 0 Å². The minimum absolute atomic E-state index is 0.0164. The van der Waals surface area contributed by atoms with Crippen molar-refractivity contribution in [3.05, 3.63) is 107 Å². The molecule has 0 radical (unpaired) electrons. The lowest BCUT2D eigenvalue weighted by molar-refractivity contribution is 0.470. The van der Waals surface area contributed by atoms with E-state index < -0.39 is 0 Å². The summed E-state index contributed by atoms with van der Waals surface area (Å²) >= 11 is 4.04. The second-order valence-corrected chi connectivity index (χ2v) is 17.4. The summed E-state index contributed by atoms with van der Waals surface area (Å²) in [6, 6.07) is 29.4. The predicted molar refractivity (Wildman–Crippen MR) is 202 cm³/mol. The van der Waals surface area contributed by atoms with E-state index in [1.54, 1.807) is 0 Å². The van der Waals surface area contributed by atoms with Gasteiger partial charge in [-0.2, -0.15) is 23.5 Å². The molecule has 2 nitrogen and oxygen atoms in total. The van der Waals surface area contributed by atoms with Crippen LogP contribution < -0.4 is 0 Å². The van der Waals surface area contributed by atoms with Crippen LogP contribution in [0.5, 0.6) is 11.5 Å². The first kappa shape index (κ1) is 34.5. The van der Waals surface area contributed by atoms with Crippen molar-refractivity contribution >= 4 is 23.5 Å². The van der Waals surface area contributed by atoms with E-state index in [0.29, 0.717) is 22.0 Å². The van der Waals surface area contributed by atoms with Crippen LogP contribution >= 0.6 is 23.5 Å². The highest BCUT2D eigenvalue weighted by Crippen LogP contribution is 2.44. The molecular formula is C42H52O2S2. The Morgan fingerprint density at radius 2 is 0.913 bits per heavy atom. The molecule has 1 aliphatic rings. The summed E-state index contributed by atoms with van der Waals surface area (Å²) in [5.41, 5.74) is 8.52. The minimum atomic E-state index is -0.0164. The quantitative estimate of drug-likeness (QED) is 0.199. The minimum Gasteiger partial charge on any atom is -0.507 e. The molecule has 4 aromatic rings. The van der Waals surface area contributed by atoms with Gasteiger partial charge in [0.25, 0.3) is 0 Å². The number of benzene rings is 4. The highest BCUT2D eigenvalue weighted by atomic mass is 32.2. The van der Waals surface area contributed by atoms with E-state index in [1.807, 2.05) is 59.9 Å². The maximum absolute atomic E-state index is 11.6. The molecule has 0 unspecified atom stereocenters. The lowest BCUT2D eigenvalue weighted by Crippen LogP contribution is -2.22. The van der Waals surface area contributed by atoms with Crippen LogP contribution in [0.25, 0.3) is 22.3 Å². The standard InChI is InChI=1S/C42H52O2S2/c1-41(2,3)33-23-31(39(43)35(25-33)29-17-11-9-12-18-29)27-45-37-21-15-7-8-16-22-38(37)46-28-32-24-34(42(4,5)6)26-36(40(32)44)30-19-13-10-14-20-30/h9-14,17-20,23-26,37-38,43-44H,7-8,15-16,21-22,27-28H2,1-6H3/t37-,38-/m0/s1. The van der Waals surface area contributed by atoms with Crippen molar-refractivity contribution in [2.24, 2.45) is 0 Å². The fourth-order valence-electron chi connectivity index (χ4n) is 6.34. The van der Waals surface area contributed by atoms with Gasteiger partial charge in [-0.25, -0.2) is 0 Å². The second kappa shape index (κ2) is 14.9. The first-order valence-corrected chi connectivity index (χ1v) is 19.1. The topological polar surface area (TPSA) is 40.5 Å². The van der Waals surface area contributed by atoms with Gasteiger partial charge in [-0.1, -0.05) is 140 Å². The van der Waals surface area contributed by atoms with Gasteiger partial charge in [0.05, 0.1) is 0 Å². The Balaban J connectivity index is 1.41. The molecule has 46 heavy (non-hydrogen) atoms. The number of phenolic OH excluding ortho intramolecular Hbond substituents is 2. The third-order valence-corrected chi connectivity index (χ3v) is 12.4. The van der Waals surface area contributed by atoms with Crippen LogP contribution in [-0.2, 0) is 22.3 Å². The zero-order chi connectivity index (χ0) is 32.9. The molecule has 1 aliphatic carbocycles. The van der Waals surface area contributed by atoms with E-state index >= 15 is 0 Å². The average molecular weight is 653 g/mol. The average Bonchev–Trinajstić information content (AvgIpc) is 3.01. The van der Waals surface area contributed by atoms with Gasteiger partial charge in [0, 0.05) is 44.3 Å². The fraction of sp³-hybridized carbons (Fsp3) is 0.429. The van der Waals surface area contributed by atoms with Crippen LogP contribution in [0.3, 0.4) is 0 Å². The summed E-state index contributed by atoms with van der Waals surface area (Å²) < 4.78 is 0. The van der Waals surface area contributed by atoms with E-state index in [0.717, 1.165) is 44.9 Å². The number of phenols is 2. The molecule has 0 bridgehead atoms. The molecule has 0 aromatic heterocycles. The molecule has 0 amide bonds. The van der Waals surface area contributed by atoms with Gasteiger partial charge in [-0.3, -0.25) is 0 Å². The summed E-state index contributed by atoms with van der Waals surface area (Å²) in [4.78, 5) is 0. The van der Waals surface area contributed by atoms with Crippen molar-refractivity contribution in [1.82, 2.24) is 0 Å². The zero-order valence-electron chi connectivity index (χ0n) is 28.6. The Morgan fingerprint density at radius 3 is 1.26 bits per heavy atom. The summed E-state index contributed by atoms with van der Waals surface area (Å²) in [5.74, 6) is 2.42. The van der Waals surface area contributed by atoms with Gasteiger partial charge >= 0.3 is 0 Å². The van der Waals surface area contributed by atoms with Crippen LogP contribution in [0.2, 0.25) is 0 Å². The van der Waals surface area contributed by atoms with E-state index in [-0.39, 0.29) is 10.8 Å². The third-order valence-electron chi connectivity index (χ3n) is 9.33. The molecule has 0 saturated heterocycles. The third kappa shape index (κ3) is 8.55. The van der Waals surface area contributed by atoms with Crippen molar-refractivity contribution in [3.8, 4) is 33.8 Å². The highest BCUT2D eigenvalue weighted by Gasteiger charge is 2.27. The van der Waals surface area contributed by atoms with E-state index in [2.05, 4.69) is 90.1 Å². The lowest BCUT2D eigenvalue weighted by Gasteiger charge is -2.30. The van der Waals surface area contributed by atoms with Gasteiger partial charge in [0.15, 0.2) is 0 Å². The lowest BCUT2D eigenvalue weighted by atomic mass is 9.84. The highest BCUT2D eigenvalue weighted by molar-refractivity contribution is 8.03. The van der Waals surface area contributed by atoms with Gasteiger partial charge in [0.2, 0.25) is 0 Å². The van der Waals surface area contributed by atoms with Crippen molar-refractivity contribution in [2.75, 3.05) is 0 Å². The predicted octanol–water partition coefficient (Wildman–Crippen LogP) is 12.3. The Morgan fingerprint density at radius 1 is 0.543 bits per heavy atom. The molecule has 2 N–H and O–H groups in total. The van der Waals surface area contributed by atoms with Crippen molar-refractivity contribution in [1.29, 1.82) is 0 Å². The van der Waals surface area contributed by atoms with Gasteiger partial charge < -0.3 is 10.2 Å². The molecule has 4 heteroatoms. The Labute approximate surface area is 286 Å². The maximum Gasteiger partial charge on any atom is 0.127 e. The SMILES string of the molecule is CC(C)(C)c1cc(CS[C@H]2CCCCCC[C@@H]2SCc2cc(C(C)(C)C)cc(-c3ccccc3)c2O)c(O)c(-c2ccccc2)c1. The van der Waals surface area contributed by atoms with Crippen molar-refractivity contribution in [2.45, 2.75) is 113 Å². The molecule has 1 saturated carbocycles. The summed E-state index contributed by atoms with van der Waals surface area (Å²) in [7, 11) is 0. The fourth-order valence-corrected chi connectivity index (χ4v) is 9.41. The molecule has 4 aromatic carbocycles. The van der Waals surface area contributed by atoms with Crippen LogP contribution in [-0.4, -0.2) is 20.7 Å². The zero-order valence-corrected chi connectivity index (χ0v) is 30.2. The molecule has 2 atom stereocenters. The largest absolute Gasteiger partial charge is 0.507 e. The molecule has 1 fully saturated rings. The van der Waals surface area contributed by atoms with Crippen molar-refractivity contribution in [3.63, 3.8) is 0 Å². The summed E-state index contributed by atoms with van der Waals surface area (Å²) in [6.45, 7) is 13.5. The van der Waals surface area contributed by atoms with Gasteiger partial charge in [-0.05, 0) is 58.1 Å². The summed E-state index contributed by atoms with van der Waals surface area (Å²) in [5, 5.41) is 24.1. The van der Waals surface area contributed by atoms with E-state index in [4.69, 9.17) is 0 Å². The van der Waals surface area contributed by atoms with Crippen LogP contribution in [0.1, 0.15) is 102 Å². The van der Waals surface area contributed by atoms with Crippen LogP contribution in [0, 0.1) is 0 Å². The number of aromatic hydroxyl groups is 2. The number of rotatable bonds is 8. The van der Waals surface area contributed by atoms with E-state index in [1.165, 1.54) is 49.7 Å². The second-order valence-electron chi connectivity index (χ2n) is 15.0. The Bertz CT molecular complexity index is 1460. The Hall–Kier alpha value is -2.82. The number of hydrogen-bond donors (Lipinski definition) is 2. The molecule has 0 aliphatic heterocycles. The van der Waals surface area contributed by atoms with Crippen molar-refractivity contribution < 1.29 is 10.2 Å². The Kier molecular flexibility index (Phi) is 11.2. The van der Waals surface area contributed by atoms with Crippen LogP contribution in [0.15, 0.2) is 84.9 Å². The monoisotopic (exact) mass is 652 g/mol. The number of hydrogen-bond acceptors (Lipinski definition) is 4. The summed E-state index contributed by atoms with van der Waals surface area (Å²) in [6.07, 6.45) is 7.48.